The van der Waals surface area contributed by atoms with Crippen molar-refractivity contribution in [3.05, 3.63) is 114 Å². The Morgan fingerprint density at radius 2 is 1.19 bits per heavy atom. The fraction of sp³-hybridized carbons (Fsp3) is 0.0833. The fourth-order valence-electron chi connectivity index (χ4n) is 2.87. The number of ether oxygens (including phenoxy) is 1. The first-order valence-corrected chi connectivity index (χ1v) is 8.73. The third-order valence-electron chi connectivity index (χ3n) is 4.10. The van der Waals surface area contributed by atoms with Crippen molar-refractivity contribution >= 4 is 17.3 Å². The largest absolute Gasteiger partial charge is 0.449 e. The van der Waals surface area contributed by atoms with Crippen LogP contribution in [0.4, 0.5) is 0 Å². The summed E-state index contributed by atoms with van der Waals surface area (Å²) in [5, 5.41) is 0. The van der Waals surface area contributed by atoms with E-state index in [1.54, 1.807) is 18.2 Å². The van der Waals surface area contributed by atoms with E-state index in [0.717, 1.165) is 16.7 Å². The van der Waals surface area contributed by atoms with Crippen LogP contribution in [0.15, 0.2) is 97.1 Å². The fourth-order valence-corrected chi connectivity index (χ4v) is 2.87. The molecule has 0 spiro atoms. The average Bonchev–Trinajstić information content (AvgIpc) is 2.72. The van der Waals surface area contributed by atoms with Crippen LogP contribution in [-0.2, 0) is 14.3 Å². The Labute approximate surface area is 158 Å². The predicted molar refractivity (Wildman–Crippen MR) is 106 cm³/mol. The van der Waals surface area contributed by atoms with Gasteiger partial charge in [-0.15, -0.1) is 0 Å². The molecule has 3 rings (SSSR count). The summed E-state index contributed by atoms with van der Waals surface area (Å²) in [7, 11) is 0. The van der Waals surface area contributed by atoms with Gasteiger partial charge < -0.3 is 4.74 Å². The molecule has 0 N–H and O–H groups in total. The molecule has 0 fully saturated rings. The summed E-state index contributed by atoms with van der Waals surface area (Å²) in [6.07, 6.45) is 0.594. The van der Waals surface area contributed by atoms with Crippen LogP contribution in [0.1, 0.15) is 29.7 Å². The lowest BCUT2D eigenvalue weighted by Gasteiger charge is -2.16. The lowest BCUT2D eigenvalue weighted by molar-refractivity contribution is -0.151. The van der Waals surface area contributed by atoms with Crippen LogP contribution in [-0.4, -0.2) is 11.8 Å². The first-order valence-electron chi connectivity index (χ1n) is 8.73. The van der Waals surface area contributed by atoms with E-state index in [0.29, 0.717) is 5.56 Å². The quantitative estimate of drug-likeness (QED) is 0.461. The minimum absolute atomic E-state index is 0.279. The van der Waals surface area contributed by atoms with E-state index in [1.807, 2.05) is 78.9 Å². The van der Waals surface area contributed by atoms with Gasteiger partial charge in [-0.05, 0) is 22.8 Å². The topological polar surface area (TPSA) is 43.4 Å². The Kier molecular flexibility index (Phi) is 5.95. The van der Waals surface area contributed by atoms with Gasteiger partial charge in [0.05, 0.1) is 0 Å². The van der Waals surface area contributed by atoms with Crippen molar-refractivity contribution in [2.75, 3.05) is 0 Å². The van der Waals surface area contributed by atoms with Gasteiger partial charge in [-0.25, -0.2) is 0 Å². The van der Waals surface area contributed by atoms with E-state index in [-0.39, 0.29) is 5.78 Å². The van der Waals surface area contributed by atoms with E-state index >= 15 is 0 Å². The normalized spacial score (nSPS) is 11.3. The summed E-state index contributed by atoms with van der Waals surface area (Å²) in [5.41, 5.74) is 3.28. The zero-order chi connectivity index (χ0) is 19.1. The minimum atomic E-state index is -0.967. The third-order valence-corrected chi connectivity index (χ3v) is 4.10. The van der Waals surface area contributed by atoms with Gasteiger partial charge in [0.2, 0.25) is 5.78 Å². The highest BCUT2D eigenvalue weighted by atomic mass is 16.5. The Morgan fingerprint density at radius 3 is 1.63 bits per heavy atom. The monoisotopic (exact) mass is 356 g/mol. The maximum absolute atomic E-state index is 13.1. The lowest BCUT2D eigenvalue weighted by atomic mass is 9.94. The summed E-state index contributed by atoms with van der Waals surface area (Å²) in [4.78, 5) is 24.6. The number of hydrogen-bond donors (Lipinski definition) is 0. The molecule has 0 aliphatic heterocycles. The first-order chi connectivity index (χ1) is 13.1. The van der Waals surface area contributed by atoms with E-state index in [4.69, 9.17) is 4.74 Å². The Morgan fingerprint density at radius 1 is 0.741 bits per heavy atom. The molecule has 1 unspecified atom stereocenters. The van der Waals surface area contributed by atoms with E-state index < -0.39 is 12.1 Å². The van der Waals surface area contributed by atoms with Crippen LogP contribution in [0, 0.1) is 0 Å². The number of hydrogen-bond acceptors (Lipinski definition) is 3. The van der Waals surface area contributed by atoms with Gasteiger partial charge >= 0.3 is 5.97 Å². The number of esters is 1. The molecule has 0 aromatic heterocycles. The molecule has 134 valence electrons. The van der Waals surface area contributed by atoms with E-state index in [9.17, 15) is 9.59 Å². The third kappa shape index (κ3) is 4.79. The molecular weight excluding hydrogens is 336 g/mol. The van der Waals surface area contributed by atoms with Crippen molar-refractivity contribution in [3.8, 4) is 0 Å². The van der Waals surface area contributed by atoms with Crippen molar-refractivity contribution in [1.82, 2.24) is 0 Å². The summed E-state index contributed by atoms with van der Waals surface area (Å²) < 4.78 is 5.34. The Bertz CT molecular complexity index is 888. The molecule has 3 aromatic rings. The highest BCUT2D eigenvalue weighted by Crippen LogP contribution is 2.26. The van der Waals surface area contributed by atoms with Gasteiger partial charge in [0.25, 0.3) is 0 Å². The lowest BCUT2D eigenvalue weighted by Crippen LogP contribution is -2.17. The second-order valence-corrected chi connectivity index (χ2v) is 6.09. The van der Waals surface area contributed by atoms with E-state index in [2.05, 4.69) is 0 Å². The van der Waals surface area contributed by atoms with Crippen molar-refractivity contribution in [2.24, 2.45) is 0 Å². The number of benzene rings is 3. The van der Waals surface area contributed by atoms with Gasteiger partial charge in [-0.2, -0.15) is 0 Å². The number of rotatable bonds is 6. The van der Waals surface area contributed by atoms with Crippen molar-refractivity contribution in [3.63, 3.8) is 0 Å². The molecule has 0 radical (unpaired) electrons. The summed E-state index contributed by atoms with van der Waals surface area (Å²) in [6.45, 7) is 1.31. The standard InChI is InChI=1S/C24H20O3/c1-18(25)27-24(21-15-9-4-10-16-21)23(26)17-22(19-11-5-2-6-12-19)20-13-7-3-8-14-20/h2-17,24H,1H3. The molecule has 0 aliphatic rings. The summed E-state index contributed by atoms with van der Waals surface area (Å²) in [6, 6.07) is 28.4. The highest BCUT2D eigenvalue weighted by Gasteiger charge is 2.23. The van der Waals surface area contributed by atoms with Crippen molar-refractivity contribution in [1.29, 1.82) is 0 Å². The van der Waals surface area contributed by atoms with Crippen LogP contribution in [0.5, 0.6) is 0 Å². The smallest absolute Gasteiger partial charge is 0.303 e. The van der Waals surface area contributed by atoms with Gasteiger partial charge in [-0.1, -0.05) is 91.0 Å². The van der Waals surface area contributed by atoms with Crippen LogP contribution < -0.4 is 0 Å². The van der Waals surface area contributed by atoms with Gasteiger partial charge in [0, 0.05) is 12.5 Å². The second kappa shape index (κ2) is 8.77. The molecule has 27 heavy (non-hydrogen) atoms. The molecular formula is C24H20O3. The molecule has 0 saturated heterocycles. The molecule has 0 saturated carbocycles. The second-order valence-electron chi connectivity index (χ2n) is 6.09. The SMILES string of the molecule is CC(=O)OC(C(=O)C=C(c1ccccc1)c1ccccc1)c1ccccc1. The Hall–Kier alpha value is -3.46. The molecule has 1 atom stereocenters. The van der Waals surface area contributed by atoms with Crippen molar-refractivity contribution < 1.29 is 14.3 Å². The number of carbonyl (C=O) groups is 2. The number of carbonyl (C=O) groups excluding carboxylic acids is 2. The average molecular weight is 356 g/mol. The zero-order valence-corrected chi connectivity index (χ0v) is 15.0. The van der Waals surface area contributed by atoms with Crippen LogP contribution in [0.25, 0.3) is 5.57 Å². The van der Waals surface area contributed by atoms with Gasteiger partial charge in [-0.3, -0.25) is 9.59 Å². The summed E-state index contributed by atoms with van der Waals surface area (Å²) >= 11 is 0. The van der Waals surface area contributed by atoms with E-state index in [1.165, 1.54) is 6.92 Å². The molecule has 3 heteroatoms. The van der Waals surface area contributed by atoms with Crippen molar-refractivity contribution in [2.45, 2.75) is 13.0 Å². The molecule has 0 aliphatic carbocycles. The van der Waals surface area contributed by atoms with Crippen LogP contribution in [0.2, 0.25) is 0 Å². The maximum Gasteiger partial charge on any atom is 0.303 e. The molecule has 0 amide bonds. The van der Waals surface area contributed by atoms with Gasteiger partial charge in [0.15, 0.2) is 6.10 Å². The molecule has 3 nitrogen and oxygen atoms in total. The molecule has 3 aromatic carbocycles. The zero-order valence-electron chi connectivity index (χ0n) is 15.0. The number of ketones is 1. The Balaban J connectivity index is 2.04. The van der Waals surface area contributed by atoms with Crippen LogP contribution in [0.3, 0.4) is 0 Å². The maximum atomic E-state index is 13.1. The highest BCUT2D eigenvalue weighted by molar-refractivity contribution is 6.03. The first kappa shape index (κ1) is 18.3. The van der Waals surface area contributed by atoms with Crippen LogP contribution >= 0.6 is 0 Å². The summed E-state index contributed by atoms with van der Waals surface area (Å²) in [5.74, 6) is -0.773. The molecule has 0 heterocycles. The predicted octanol–water partition coefficient (Wildman–Crippen LogP) is 4.99. The van der Waals surface area contributed by atoms with Gasteiger partial charge in [0.1, 0.15) is 0 Å². The minimum Gasteiger partial charge on any atom is -0.449 e. The molecule has 0 bridgehead atoms.